The molecular formula is C9H10Cl2N2. The Morgan fingerprint density at radius 2 is 2.08 bits per heavy atom. The van der Waals surface area contributed by atoms with Gasteiger partial charge in [-0.3, -0.25) is 0 Å². The van der Waals surface area contributed by atoms with Crippen molar-refractivity contribution in [3.05, 3.63) is 33.8 Å². The van der Waals surface area contributed by atoms with Crippen LogP contribution in [-0.4, -0.2) is 12.8 Å². The normalized spacial score (nSPS) is 11.5. The number of hydrogen-bond donors (Lipinski definition) is 1. The predicted molar refractivity (Wildman–Crippen MR) is 57.7 cm³/mol. The first-order chi connectivity index (χ1) is 6.15. The lowest BCUT2D eigenvalue weighted by Gasteiger charge is -2.03. The Balaban J connectivity index is 3.09. The van der Waals surface area contributed by atoms with Gasteiger partial charge in [-0.05, 0) is 19.1 Å². The zero-order valence-electron chi connectivity index (χ0n) is 7.44. The molecule has 13 heavy (non-hydrogen) atoms. The van der Waals surface area contributed by atoms with Gasteiger partial charge in [-0.1, -0.05) is 29.3 Å². The fraction of sp³-hybridized carbons (Fsp3) is 0.222. The van der Waals surface area contributed by atoms with Crippen LogP contribution in [0.1, 0.15) is 12.5 Å². The van der Waals surface area contributed by atoms with Crippen molar-refractivity contribution < 1.29 is 0 Å². The van der Waals surface area contributed by atoms with Crippen molar-refractivity contribution in [3.63, 3.8) is 0 Å². The summed E-state index contributed by atoms with van der Waals surface area (Å²) in [6, 6.07) is 5.34. The number of benzene rings is 1. The van der Waals surface area contributed by atoms with E-state index in [4.69, 9.17) is 23.2 Å². The lowest BCUT2D eigenvalue weighted by Crippen LogP contribution is -2.03. The molecule has 0 atom stereocenters. The number of rotatable bonds is 2. The second kappa shape index (κ2) is 4.49. The largest absolute Gasteiger partial charge is 0.313 e. The molecule has 1 aromatic rings. The minimum Gasteiger partial charge on any atom is -0.313 e. The third-order valence-corrected chi connectivity index (χ3v) is 2.15. The van der Waals surface area contributed by atoms with E-state index in [0.29, 0.717) is 10.0 Å². The van der Waals surface area contributed by atoms with Gasteiger partial charge in [0.15, 0.2) is 0 Å². The number of halogens is 2. The van der Waals surface area contributed by atoms with E-state index in [-0.39, 0.29) is 0 Å². The van der Waals surface area contributed by atoms with Gasteiger partial charge in [-0.15, -0.1) is 0 Å². The smallest absolute Gasteiger partial charge is 0.0659 e. The molecule has 0 saturated heterocycles. The number of hydrazone groups is 1. The van der Waals surface area contributed by atoms with Gasteiger partial charge in [-0.25, -0.2) is 0 Å². The van der Waals surface area contributed by atoms with Gasteiger partial charge in [0.05, 0.1) is 10.7 Å². The lowest BCUT2D eigenvalue weighted by molar-refractivity contribution is 0.900. The predicted octanol–water partition coefficient (Wildman–Crippen LogP) is 2.94. The van der Waals surface area contributed by atoms with Crippen LogP contribution in [-0.2, 0) is 0 Å². The zero-order valence-corrected chi connectivity index (χ0v) is 8.95. The van der Waals surface area contributed by atoms with Crippen LogP contribution in [0.4, 0.5) is 0 Å². The van der Waals surface area contributed by atoms with E-state index in [2.05, 4.69) is 10.5 Å². The molecule has 1 rings (SSSR count). The summed E-state index contributed by atoms with van der Waals surface area (Å²) in [5.41, 5.74) is 4.43. The van der Waals surface area contributed by atoms with Crippen LogP contribution in [0.3, 0.4) is 0 Å². The lowest BCUT2D eigenvalue weighted by atomic mass is 10.1. The van der Waals surface area contributed by atoms with Crippen LogP contribution in [0.2, 0.25) is 10.0 Å². The van der Waals surface area contributed by atoms with E-state index < -0.39 is 0 Å². The summed E-state index contributed by atoms with van der Waals surface area (Å²) in [4.78, 5) is 0. The first-order valence-corrected chi connectivity index (χ1v) is 4.57. The third-order valence-electron chi connectivity index (χ3n) is 1.60. The second-order valence-electron chi connectivity index (χ2n) is 2.54. The Hall–Kier alpha value is -0.730. The Labute approximate surface area is 87.5 Å². The van der Waals surface area contributed by atoms with Gasteiger partial charge >= 0.3 is 0 Å². The molecule has 0 unspecified atom stereocenters. The highest BCUT2D eigenvalue weighted by Crippen LogP contribution is 2.21. The van der Waals surface area contributed by atoms with Gasteiger partial charge in [0, 0.05) is 17.6 Å². The SMILES string of the molecule is CN/N=C(/C)c1ccc(Cl)cc1Cl. The van der Waals surface area contributed by atoms with Crippen molar-refractivity contribution in [2.45, 2.75) is 6.92 Å². The van der Waals surface area contributed by atoms with Crippen molar-refractivity contribution in [1.82, 2.24) is 5.43 Å². The van der Waals surface area contributed by atoms with Crippen LogP contribution in [0, 0.1) is 0 Å². The topological polar surface area (TPSA) is 24.4 Å². The second-order valence-corrected chi connectivity index (χ2v) is 3.39. The molecule has 0 saturated carbocycles. The Morgan fingerprint density at radius 3 is 2.62 bits per heavy atom. The summed E-state index contributed by atoms with van der Waals surface area (Å²) in [6.07, 6.45) is 0. The van der Waals surface area contributed by atoms with Crippen LogP contribution < -0.4 is 5.43 Å². The van der Waals surface area contributed by atoms with Crippen LogP contribution in [0.25, 0.3) is 0 Å². The molecule has 2 nitrogen and oxygen atoms in total. The molecular weight excluding hydrogens is 207 g/mol. The van der Waals surface area contributed by atoms with Crippen molar-refractivity contribution in [2.75, 3.05) is 7.05 Å². The molecule has 0 aliphatic rings. The molecule has 0 aliphatic heterocycles. The quantitative estimate of drug-likeness (QED) is 0.597. The maximum atomic E-state index is 5.97. The van der Waals surface area contributed by atoms with E-state index in [1.54, 1.807) is 19.2 Å². The van der Waals surface area contributed by atoms with E-state index in [1.807, 2.05) is 13.0 Å². The first-order valence-electron chi connectivity index (χ1n) is 3.81. The average molecular weight is 217 g/mol. The Morgan fingerprint density at radius 1 is 1.38 bits per heavy atom. The summed E-state index contributed by atoms with van der Waals surface area (Å²) in [7, 11) is 1.74. The van der Waals surface area contributed by atoms with Gasteiger partial charge in [0.2, 0.25) is 0 Å². The van der Waals surface area contributed by atoms with Gasteiger partial charge in [0.1, 0.15) is 0 Å². The van der Waals surface area contributed by atoms with E-state index in [0.717, 1.165) is 11.3 Å². The van der Waals surface area contributed by atoms with Crippen molar-refractivity contribution in [2.24, 2.45) is 5.10 Å². The van der Waals surface area contributed by atoms with Gasteiger partial charge < -0.3 is 5.43 Å². The van der Waals surface area contributed by atoms with Gasteiger partial charge in [0.25, 0.3) is 0 Å². The maximum absolute atomic E-state index is 5.97. The number of nitrogens with zero attached hydrogens (tertiary/aromatic N) is 1. The molecule has 0 radical (unpaired) electrons. The standard InChI is InChI=1S/C9H10Cl2N2/c1-6(13-12-2)8-4-3-7(10)5-9(8)11/h3-5,12H,1-2H3/b13-6-. The molecule has 0 fully saturated rings. The number of hydrogen-bond acceptors (Lipinski definition) is 2. The van der Waals surface area contributed by atoms with Gasteiger partial charge in [-0.2, -0.15) is 5.10 Å². The van der Waals surface area contributed by atoms with E-state index in [9.17, 15) is 0 Å². The third kappa shape index (κ3) is 2.61. The molecule has 0 amide bonds. The molecule has 70 valence electrons. The Bertz CT molecular complexity index is 334. The van der Waals surface area contributed by atoms with Crippen LogP contribution >= 0.6 is 23.2 Å². The van der Waals surface area contributed by atoms with E-state index in [1.165, 1.54) is 0 Å². The molecule has 1 N–H and O–H groups in total. The highest BCUT2D eigenvalue weighted by Gasteiger charge is 2.03. The molecule has 0 bridgehead atoms. The molecule has 0 aliphatic carbocycles. The summed E-state index contributed by atoms with van der Waals surface area (Å²) in [6.45, 7) is 1.88. The summed E-state index contributed by atoms with van der Waals surface area (Å²) >= 11 is 11.7. The fourth-order valence-electron chi connectivity index (χ4n) is 1.01. The first kappa shape index (κ1) is 10.4. The van der Waals surface area contributed by atoms with Crippen molar-refractivity contribution >= 4 is 28.9 Å². The summed E-state index contributed by atoms with van der Waals surface area (Å²) in [5, 5.41) is 5.27. The van der Waals surface area contributed by atoms with Crippen LogP contribution in [0.15, 0.2) is 23.3 Å². The summed E-state index contributed by atoms with van der Waals surface area (Å²) < 4.78 is 0. The highest BCUT2D eigenvalue weighted by atomic mass is 35.5. The summed E-state index contributed by atoms with van der Waals surface area (Å²) in [5.74, 6) is 0. The number of nitrogens with one attached hydrogen (secondary N) is 1. The van der Waals surface area contributed by atoms with Crippen molar-refractivity contribution in [3.8, 4) is 0 Å². The van der Waals surface area contributed by atoms with Crippen LogP contribution in [0.5, 0.6) is 0 Å². The molecule has 1 aromatic carbocycles. The van der Waals surface area contributed by atoms with E-state index >= 15 is 0 Å². The zero-order chi connectivity index (χ0) is 9.84. The highest BCUT2D eigenvalue weighted by molar-refractivity contribution is 6.36. The fourth-order valence-corrected chi connectivity index (χ4v) is 1.56. The Kier molecular flexibility index (Phi) is 3.58. The van der Waals surface area contributed by atoms with Crippen molar-refractivity contribution in [1.29, 1.82) is 0 Å². The maximum Gasteiger partial charge on any atom is 0.0659 e. The molecule has 0 aromatic heterocycles. The minimum atomic E-state index is 0.615. The molecule has 0 spiro atoms. The molecule has 4 heteroatoms. The average Bonchev–Trinajstić information content (AvgIpc) is 2.04. The monoisotopic (exact) mass is 216 g/mol. The molecule has 0 heterocycles. The minimum absolute atomic E-state index is 0.615.